The molecule has 0 aliphatic heterocycles. The number of carbonyl (C=O) groups excluding carboxylic acids is 1. The summed E-state index contributed by atoms with van der Waals surface area (Å²) in [4.78, 5) is 32.4. The second kappa shape index (κ2) is 5.58. The fourth-order valence-corrected chi connectivity index (χ4v) is 1.28. The van der Waals surface area contributed by atoms with Crippen LogP contribution in [0.1, 0.15) is 20.7 Å². The number of amides is 1. The van der Waals surface area contributed by atoms with Crippen molar-refractivity contribution in [2.45, 2.75) is 0 Å². The molecule has 0 aliphatic rings. The summed E-state index contributed by atoms with van der Waals surface area (Å²) >= 11 is 0. The average Bonchev–Trinajstić information content (AvgIpc) is 2.34. The minimum absolute atomic E-state index is 0.130. The van der Waals surface area contributed by atoms with Crippen LogP contribution in [0, 0.1) is 10.1 Å². The molecule has 2 N–H and O–H groups in total. The smallest absolute Gasteiger partial charge is 0.336 e. The second-order valence-electron chi connectivity index (χ2n) is 3.29. The first-order valence-electron chi connectivity index (χ1n) is 4.88. The SMILES string of the molecule is C=CCNC(=O)c1ccc([N+](=O)[O-])cc1C(=O)O. The Balaban J connectivity index is 3.19. The molecule has 0 fully saturated rings. The number of nitro groups is 1. The number of benzene rings is 1. The molecule has 0 atom stereocenters. The molecule has 0 aromatic heterocycles. The molecule has 1 rings (SSSR count). The van der Waals surface area contributed by atoms with E-state index in [9.17, 15) is 19.7 Å². The van der Waals surface area contributed by atoms with E-state index in [1.807, 2.05) is 0 Å². The molecule has 18 heavy (non-hydrogen) atoms. The predicted molar refractivity (Wildman–Crippen MR) is 62.6 cm³/mol. The summed E-state index contributed by atoms with van der Waals surface area (Å²) in [7, 11) is 0. The van der Waals surface area contributed by atoms with E-state index in [1.165, 1.54) is 6.08 Å². The first kappa shape index (κ1) is 13.4. The monoisotopic (exact) mass is 250 g/mol. The van der Waals surface area contributed by atoms with Gasteiger partial charge in [0.15, 0.2) is 0 Å². The molecule has 7 heteroatoms. The van der Waals surface area contributed by atoms with Gasteiger partial charge in [0, 0.05) is 18.7 Å². The summed E-state index contributed by atoms with van der Waals surface area (Å²) in [6.07, 6.45) is 1.43. The zero-order valence-electron chi connectivity index (χ0n) is 9.25. The Bertz CT molecular complexity index is 524. The van der Waals surface area contributed by atoms with Gasteiger partial charge in [-0.05, 0) is 6.07 Å². The quantitative estimate of drug-likeness (QED) is 0.463. The van der Waals surface area contributed by atoms with Gasteiger partial charge in [0.1, 0.15) is 0 Å². The number of carboxylic acid groups (broad SMARTS) is 1. The summed E-state index contributed by atoms with van der Waals surface area (Å²) in [6, 6.07) is 3.04. The molecule has 0 saturated heterocycles. The first-order chi connectivity index (χ1) is 8.47. The number of hydrogen-bond acceptors (Lipinski definition) is 4. The third-order valence-electron chi connectivity index (χ3n) is 2.10. The van der Waals surface area contributed by atoms with E-state index in [1.54, 1.807) is 0 Å². The maximum Gasteiger partial charge on any atom is 0.336 e. The fraction of sp³-hybridized carbons (Fsp3) is 0.0909. The van der Waals surface area contributed by atoms with Gasteiger partial charge in [0.2, 0.25) is 0 Å². The van der Waals surface area contributed by atoms with Crippen molar-refractivity contribution >= 4 is 17.6 Å². The van der Waals surface area contributed by atoms with Crippen LogP contribution >= 0.6 is 0 Å². The maximum atomic E-state index is 11.6. The number of carbonyl (C=O) groups is 2. The van der Waals surface area contributed by atoms with Gasteiger partial charge in [-0.15, -0.1) is 6.58 Å². The zero-order valence-corrected chi connectivity index (χ0v) is 9.25. The van der Waals surface area contributed by atoms with Crippen molar-refractivity contribution in [3.8, 4) is 0 Å². The Hall–Kier alpha value is -2.70. The topological polar surface area (TPSA) is 110 Å². The number of nitrogens with one attached hydrogen (secondary N) is 1. The largest absolute Gasteiger partial charge is 0.478 e. The average molecular weight is 250 g/mol. The lowest BCUT2D eigenvalue weighted by Crippen LogP contribution is -2.25. The van der Waals surface area contributed by atoms with E-state index in [-0.39, 0.29) is 17.8 Å². The standard InChI is InChI=1S/C11H10N2O5/c1-2-5-12-10(14)8-4-3-7(13(17)18)6-9(8)11(15)16/h2-4,6H,1,5H2,(H,12,14)(H,15,16). The van der Waals surface area contributed by atoms with E-state index in [2.05, 4.69) is 11.9 Å². The highest BCUT2D eigenvalue weighted by Gasteiger charge is 2.19. The van der Waals surface area contributed by atoms with Gasteiger partial charge < -0.3 is 10.4 Å². The van der Waals surface area contributed by atoms with Crippen LogP contribution in [0.2, 0.25) is 0 Å². The summed E-state index contributed by atoms with van der Waals surface area (Å²) in [5.41, 5.74) is -0.923. The minimum Gasteiger partial charge on any atom is -0.478 e. The van der Waals surface area contributed by atoms with Crippen molar-refractivity contribution in [2.75, 3.05) is 6.54 Å². The molecule has 0 saturated carbocycles. The minimum atomic E-state index is -1.40. The molecule has 0 unspecified atom stereocenters. The number of hydrogen-bond donors (Lipinski definition) is 2. The molecular formula is C11H10N2O5. The van der Waals surface area contributed by atoms with Crippen molar-refractivity contribution in [3.63, 3.8) is 0 Å². The molecule has 7 nitrogen and oxygen atoms in total. The summed E-state index contributed by atoms with van der Waals surface area (Å²) < 4.78 is 0. The van der Waals surface area contributed by atoms with Crippen LogP contribution in [0.25, 0.3) is 0 Å². The second-order valence-corrected chi connectivity index (χ2v) is 3.29. The van der Waals surface area contributed by atoms with E-state index >= 15 is 0 Å². The van der Waals surface area contributed by atoms with Crippen LogP contribution in [0.5, 0.6) is 0 Å². The predicted octanol–water partition coefficient (Wildman–Crippen LogP) is 1.21. The van der Waals surface area contributed by atoms with E-state index in [4.69, 9.17) is 5.11 Å². The van der Waals surface area contributed by atoms with Crippen molar-refractivity contribution in [1.82, 2.24) is 5.32 Å². The van der Waals surface area contributed by atoms with Gasteiger partial charge in [-0.25, -0.2) is 4.79 Å². The highest BCUT2D eigenvalue weighted by Crippen LogP contribution is 2.18. The molecule has 0 bridgehead atoms. The zero-order chi connectivity index (χ0) is 13.7. The summed E-state index contributed by atoms with van der Waals surface area (Å²) in [5.74, 6) is -2.02. The molecule has 0 radical (unpaired) electrons. The summed E-state index contributed by atoms with van der Waals surface area (Å²) in [5, 5.41) is 21.9. The van der Waals surface area contributed by atoms with Crippen LogP contribution in [-0.2, 0) is 0 Å². The third-order valence-corrected chi connectivity index (χ3v) is 2.10. The van der Waals surface area contributed by atoms with Crippen molar-refractivity contribution in [1.29, 1.82) is 0 Å². The number of rotatable bonds is 5. The van der Waals surface area contributed by atoms with Crippen LogP contribution < -0.4 is 5.32 Å². The van der Waals surface area contributed by atoms with E-state index in [0.29, 0.717) is 0 Å². The normalized spacial score (nSPS) is 9.56. The van der Waals surface area contributed by atoms with Crippen LogP contribution in [0.4, 0.5) is 5.69 Å². The van der Waals surface area contributed by atoms with Crippen molar-refractivity contribution < 1.29 is 19.6 Å². The molecular weight excluding hydrogens is 240 g/mol. The molecule has 0 spiro atoms. The Kier molecular flexibility index (Phi) is 4.14. The molecule has 94 valence electrons. The van der Waals surface area contributed by atoms with Crippen LogP contribution in [-0.4, -0.2) is 28.5 Å². The lowest BCUT2D eigenvalue weighted by atomic mass is 10.1. The van der Waals surface area contributed by atoms with Crippen LogP contribution in [0.3, 0.4) is 0 Å². The molecule has 0 heterocycles. The number of nitrogens with zero attached hydrogens (tertiary/aromatic N) is 1. The Morgan fingerprint density at radius 2 is 2.11 bits per heavy atom. The molecule has 1 aromatic carbocycles. The number of non-ortho nitro benzene ring substituents is 1. The van der Waals surface area contributed by atoms with Gasteiger partial charge in [0.05, 0.1) is 16.1 Å². The molecule has 0 aliphatic carbocycles. The van der Waals surface area contributed by atoms with Gasteiger partial charge in [-0.1, -0.05) is 6.08 Å². The maximum absolute atomic E-state index is 11.6. The third kappa shape index (κ3) is 2.91. The highest BCUT2D eigenvalue weighted by molar-refractivity contribution is 6.05. The Labute approximate surface area is 102 Å². The highest BCUT2D eigenvalue weighted by atomic mass is 16.6. The number of nitro benzene ring substituents is 1. The number of aromatic carboxylic acids is 1. The van der Waals surface area contributed by atoms with E-state index in [0.717, 1.165) is 18.2 Å². The van der Waals surface area contributed by atoms with Gasteiger partial charge in [0.25, 0.3) is 11.6 Å². The van der Waals surface area contributed by atoms with Crippen molar-refractivity contribution in [3.05, 3.63) is 52.1 Å². The lowest BCUT2D eigenvalue weighted by molar-refractivity contribution is -0.384. The number of carboxylic acids is 1. The fourth-order valence-electron chi connectivity index (χ4n) is 1.28. The molecule has 1 amide bonds. The van der Waals surface area contributed by atoms with Crippen molar-refractivity contribution in [2.24, 2.45) is 0 Å². The molecule has 1 aromatic rings. The van der Waals surface area contributed by atoms with Gasteiger partial charge in [-0.2, -0.15) is 0 Å². The summed E-state index contributed by atoms with van der Waals surface area (Å²) in [6.45, 7) is 3.58. The first-order valence-corrected chi connectivity index (χ1v) is 4.88. The van der Waals surface area contributed by atoms with Crippen LogP contribution in [0.15, 0.2) is 30.9 Å². The Morgan fingerprint density at radius 1 is 1.44 bits per heavy atom. The van der Waals surface area contributed by atoms with Gasteiger partial charge >= 0.3 is 5.97 Å². The van der Waals surface area contributed by atoms with E-state index < -0.39 is 22.4 Å². The Morgan fingerprint density at radius 3 is 2.61 bits per heavy atom. The van der Waals surface area contributed by atoms with Gasteiger partial charge in [-0.3, -0.25) is 14.9 Å². The lowest BCUT2D eigenvalue weighted by Gasteiger charge is -2.05.